The second-order valence-electron chi connectivity index (χ2n) is 3.73. The number of rotatable bonds is 8. The van der Waals surface area contributed by atoms with Crippen molar-refractivity contribution in [3.05, 3.63) is 17.2 Å². The van der Waals surface area contributed by atoms with E-state index in [1.54, 1.807) is 26.4 Å². The minimum Gasteiger partial charge on any atom is -0.495 e. The van der Waals surface area contributed by atoms with Crippen LogP contribution in [0.25, 0.3) is 0 Å². The normalized spacial score (nSPS) is 10.2. The summed E-state index contributed by atoms with van der Waals surface area (Å²) >= 11 is 6.07. The highest BCUT2D eigenvalue weighted by Crippen LogP contribution is 2.35. The van der Waals surface area contributed by atoms with Crippen LogP contribution >= 0.6 is 11.6 Å². The average molecular weight is 274 g/mol. The first-order valence-electron chi connectivity index (χ1n) is 5.96. The Hall–Kier alpha value is -1.13. The van der Waals surface area contributed by atoms with Crippen molar-refractivity contribution < 1.29 is 14.2 Å². The third-order valence-corrected chi connectivity index (χ3v) is 2.68. The summed E-state index contributed by atoms with van der Waals surface area (Å²) in [5, 5.41) is 3.78. The molecule has 0 bridgehead atoms. The Morgan fingerprint density at radius 1 is 1.11 bits per heavy atom. The number of anilines is 1. The standard InChI is InChI=1S/C13H20ClNO3/c1-4-6-18-7-5-15-11-8-10(14)12(16-2)9-13(11)17-3/h8-9,15H,4-7H2,1-3H3. The predicted octanol–water partition coefficient (Wildman–Crippen LogP) is 3.20. The number of nitrogens with one attached hydrogen (secondary N) is 1. The van der Waals surface area contributed by atoms with Crippen molar-refractivity contribution in [1.82, 2.24) is 0 Å². The van der Waals surface area contributed by atoms with Gasteiger partial charge in [0, 0.05) is 19.2 Å². The van der Waals surface area contributed by atoms with Gasteiger partial charge in [-0.05, 0) is 12.5 Å². The van der Waals surface area contributed by atoms with E-state index in [9.17, 15) is 0 Å². The van der Waals surface area contributed by atoms with E-state index in [-0.39, 0.29) is 0 Å². The largest absolute Gasteiger partial charge is 0.495 e. The molecule has 0 atom stereocenters. The molecule has 0 unspecified atom stereocenters. The summed E-state index contributed by atoms with van der Waals surface area (Å²) in [5.41, 5.74) is 0.836. The van der Waals surface area contributed by atoms with Crippen LogP contribution < -0.4 is 14.8 Å². The van der Waals surface area contributed by atoms with E-state index in [0.717, 1.165) is 18.7 Å². The maximum Gasteiger partial charge on any atom is 0.145 e. The molecule has 0 aliphatic rings. The Kier molecular flexibility index (Phi) is 6.68. The van der Waals surface area contributed by atoms with Gasteiger partial charge in [-0.25, -0.2) is 0 Å². The number of hydrogen-bond acceptors (Lipinski definition) is 4. The summed E-state index contributed by atoms with van der Waals surface area (Å²) in [6.45, 7) is 4.22. The SMILES string of the molecule is CCCOCCNc1cc(Cl)c(OC)cc1OC. The van der Waals surface area contributed by atoms with Crippen LogP contribution in [0.15, 0.2) is 12.1 Å². The van der Waals surface area contributed by atoms with Crippen molar-refractivity contribution in [3.8, 4) is 11.5 Å². The Balaban J connectivity index is 2.61. The lowest BCUT2D eigenvalue weighted by atomic mass is 10.2. The molecule has 1 N–H and O–H groups in total. The predicted molar refractivity (Wildman–Crippen MR) is 74.2 cm³/mol. The molecule has 102 valence electrons. The highest BCUT2D eigenvalue weighted by molar-refractivity contribution is 6.32. The van der Waals surface area contributed by atoms with Gasteiger partial charge in [0.25, 0.3) is 0 Å². The minimum atomic E-state index is 0.551. The van der Waals surface area contributed by atoms with E-state index in [1.807, 2.05) is 0 Å². The Morgan fingerprint density at radius 2 is 1.83 bits per heavy atom. The maximum atomic E-state index is 6.07. The minimum absolute atomic E-state index is 0.551. The van der Waals surface area contributed by atoms with Crippen LogP contribution in [0.4, 0.5) is 5.69 Å². The number of methoxy groups -OCH3 is 2. The first kappa shape index (κ1) is 14.9. The molecule has 18 heavy (non-hydrogen) atoms. The van der Waals surface area contributed by atoms with Crippen molar-refractivity contribution >= 4 is 17.3 Å². The third-order valence-electron chi connectivity index (χ3n) is 2.38. The highest BCUT2D eigenvalue weighted by Gasteiger charge is 2.09. The molecule has 0 heterocycles. The molecule has 0 aliphatic carbocycles. The molecule has 0 spiro atoms. The molecule has 4 nitrogen and oxygen atoms in total. The Morgan fingerprint density at radius 3 is 2.44 bits per heavy atom. The van der Waals surface area contributed by atoms with Crippen LogP contribution in [0.5, 0.6) is 11.5 Å². The zero-order valence-electron chi connectivity index (χ0n) is 11.1. The topological polar surface area (TPSA) is 39.7 Å². The fraction of sp³-hybridized carbons (Fsp3) is 0.538. The van der Waals surface area contributed by atoms with Crippen LogP contribution in [0.2, 0.25) is 5.02 Å². The molecule has 0 radical (unpaired) electrons. The van der Waals surface area contributed by atoms with Gasteiger partial charge in [-0.1, -0.05) is 18.5 Å². The third kappa shape index (κ3) is 4.27. The first-order chi connectivity index (χ1) is 8.72. The molecule has 1 aromatic rings. The molecule has 5 heteroatoms. The molecule has 0 aromatic heterocycles. The molecule has 0 amide bonds. The van der Waals surface area contributed by atoms with Gasteiger partial charge in [-0.15, -0.1) is 0 Å². The Bertz CT molecular complexity index is 371. The van der Waals surface area contributed by atoms with Crippen LogP contribution in [0.3, 0.4) is 0 Å². The molecule has 0 fully saturated rings. The summed E-state index contributed by atoms with van der Waals surface area (Å²) in [7, 11) is 3.19. The monoisotopic (exact) mass is 273 g/mol. The fourth-order valence-corrected chi connectivity index (χ4v) is 1.74. The highest BCUT2D eigenvalue weighted by atomic mass is 35.5. The van der Waals surface area contributed by atoms with Crippen LogP contribution in [0.1, 0.15) is 13.3 Å². The van der Waals surface area contributed by atoms with Gasteiger partial charge >= 0.3 is 0 Å². The molecular weight excluding hydrogens is 254 g/mol. The van der Waals surface area contributed by atoms with Crippen molar-refractivity contribution in [3.63, 3.8) is 0 Å². The fourth-order valence-electron chi connectivity index (χ4n) is 1.50. The zero-order valence-corrected chi connectivity index (χ0v) is 11.8. The van der Waals surface area contributed by atoms with Gasteiger partial charge in [0.1, 0.15) is 11.5 Å². The average Bonchev–Trinajstić information content (AvgIpc) is 2.38. The van der Waals surface area contributed by atoms with Gasteiger partial charge in [-0.3, -0.25) is 0 Å². The van der Waals surface area contributed by atoms with Crippen LogP contribution in [-0.4, -0.2) is 34.0 Å². The van der Waals surface area contributed by atoms with E-state index in [4.69, 9.17) is 25.8 Å². The summed E-state index contributed by atoms with van der Waals surface area (Å²) in [6, 6.07) is 3.55. The van der Waals surface area contributed by atoms with E-state index in [1.165, 1.54) is 0 Å². The lowest BCUT2D eigenvalue weighted by Gasteiger charge is -2.13. The Labute approximate surface area is 113 Å². The van der Waals surface area contributed by atoms with Crippen molar-refractivity contribution in [2.75, 3.05) is 39.3 Å². The quantitative estimate of drug-likeness (QED) is 0.739. The summed E-state index contributed by atoms with van der Waals surface area (Å²) in [5.74, 6) is 1.30. The van der Waals surface area contributed by atoms with E-state index in [0.29, 0.717) is 29.7 Å². The second-order valence-corrected chi connectivity index (χ2v) is 4.13. The number of halogens is 1. The summed E-state index contributed by atoms with van der Waals surface area (Å²) < 4.78 is 15.8. The van der Waals surface area contributed by atoms with Crippen molar-refractivity contribution in [2.45, 2.75) is 13.3 Å². The summed E-state index contributed by atoms with van der Waals surface area (Å²) in [4.78, 5) is 0. The molecule has 0 saturated carbocycles. The number of ether oxygens (including phenoxy) is 3. The summed E-state index contributed by atoms with van der Waals surface area (Å²) in [6.07, 6.45) is 1.03. The van der Waals surface area contributed by atoms with Gasteiger partial charge in [0.05, 0.1) is 31.5 Å². The molecule has 1 aromatic carbocycles. The van der Waals surface area contributed by atoms with Crippen LogP contribution in [-0.2, 0) is 4.74 Å². The second kappa shape index (κ2) is 8.06. The van der Waals surface area contributed by atoms with Crippen molar-refractivity contribution in [1.29, 1.82) is 0 Å². The van der Waals surface area contributed by atoms with E-state index >= 15 is 0 Å². The van der Waals surface area contributed by atoms with Gasteiger partial charge in [0.2, 0.25) is 0 Å². The molecule has 1 rings (SSSR count). The van der Waals surface area contributed by atoms with Gasteiger partial charge in [-0.2, -0.15) is 0 Å². The number of hydrogen-bond donors (Lipinski definition) is 1. The van der Waals surface area contributed by atoms with E-state index < -0.39 is 0 Å². The first-order valence-corrected chi connectivity index (χ1v) is 6.33. The van der Waals surface area contributed by atoms with Gasteiger partial charge in [0.15, 0.2) is 0 Å². The lowest BCUT2D eigenvalue weighted by Crippen LogP contribution is -2.10. The molecule has 0 aliphatic heterocycles. The van der Waals surface area contributed by atoms with E-state index in [2.05, 4.69) is 12.2 Å². The van der Waals surface area contributed by atoms with Crippen molar-refractivity contribution in [2.24, 2.45) is 0 Å². The van der Waals surface area contributed by atoms with Crippen LogP contribution in [0, 0.1) is 0 Å². The molecular formula is C13H20ClNO3. The zero-order chi connectivity index (χ0) is 13.4. The number of benzene rings is 1. The van der Waals surface area contributed by atoms with Gasteiger partial charge < -0.3 is 19.5 Å². The maximum absolute atomic E-state index is 6.07. The lowest BCUT2D eigenvalue weighted by molar-refractivity contribution is 0.144. The molecule has 0 saturated heterocycles. The smallest absolute Gasteiger partial charge is 0.145 e.